The largest absolute Gasteiger partial charge is 0.311 e. The monoisotopic (exact) mass is 616 g/mol. The van der Waals surface area contributed by atoms with E-state index in [1.165, 1.54) is 0 Å². The van der Waals surface area contributed by atoms with Crippen LogP contribution >= 0.6 is 0 Å². The standard InChI is InChI=1S/C46H36N2/c1-5-13-41(14-6-1)47(42-15-7-2-8-16-42)45-33-29-39(30-34-45)27-25-37-21-23-38(24-22-37)26-28-40-31-35-46(36-32-40)48(43-17-9-3-10-18-43)44-19-11-4-12-20-44/h1-36H. The maximum Gasteiger partial charge on any atom is 0.0462 e. The Labute approximate surface area is 283 Å². The third-order valence-electron chi connectivity index (χ3n) is 8.23. The summed E-state index contributed by atoms with van der Waals surface area (Å²) in [5.41, 5.74) is 11.4. The van der Waals surface area contributed by atoms with E-state index in [4.69, 9.17) is 0 Å². The maximum atomic E-state index is 2.28. The Bertz CT molecular complexity index is 1830. The van der Waals surface area contributed by atoms with Crippen molar-refractivity contribution in [2.24, 2.45) is 0 Å². The Morgan fingerprint density at radius 3 is 0.625 bits per heavy atom. The molecule has 0 aliphatic heterocycles. The summed E-state index contributed by atoms with van der Waals surface area (Å²) in [7, 11) is 0. The number of rotatable bonds is 10. The van der Waals surface area contributed by atoms with Gasteiger partial charge in [0.25, 0.3) is 0 Å². The van der Waals surface area contributed by atoms with Gasteiger partial charge in [0.05, 0.1) is 0 Å². The minimum atomic E-state index is 1.13. The summed E-state index contributed by atoms with van der Waals surface area (Å²) in [4.78, 5) is 4.55. The van der Waals surface area contributed by atoms with Crippen LogP contribution in [0.1, 0.15) is 22.3 Å². The normalized spacial score (nSPS) is 11.2. The highest BCUT2D eigenvalue weighted by atomic mass is 15.1. The number of benzene rings is 7. The quantitative estimate of drug-likeness (QED) is 0.141. The number of para-hydroxylation sites is 4. The SMILES string of the molecule is C(=Cc1ccc(N(c2ccccc2)c2ccccc2)cc1)c1ccc(C=Cc2ccc(N(c3ccccc3)c3ccccc3)cc2)cc1. The number of nitrogens with zero attached hydrogens (tertiary/aromatic N) is 2. The van der Waals surface area contributed by atoms with Gasteiger partial charge in [-0.2, -0.15) is 0 Å². The van der Waals surface area contributed by atoms with Crippen molar-refractivity contribution >= 4 is 58.4 Å². The van der Waals surface area contributed by atoms with Crippen LogP contribution in [0.2, 0.25) is 0 Å². The lowest BCUT2D eigenvalue weighted by atomic mass is 10.1. The summed E-state index contributed by atoms with van der Waals surface area (Å²) in [6.45, 7) is 0. The first-order valence-corrected chi connectivity index (χ1v) is 16.3. The molecule has 0 heterocycles. The summed E-state index contributed by atoms with van der Waals surface area (Å²) in [5.74, 6) is 0. The van der Waals surface area contributed by atoms with Gasteiger partial charge < -0.3 is 9.80 Å². The van der Waals surface area contributed by atoms with Crippen molar-refractivity contribution in [2.45, 2.75) is 0 Å². The van der Waals surface area contributed by atoms with E-state index in [1.807, 2.05) is 0 Å². The Kier molecular flexibility index (Phi) is 9.34. The highest BCUT2D eigenvalue weighted by molar-refractivity contribution is 5.80. The molecule has 0 aromatic heterocycles. The van der Waals surface area contributed by atoms with E-state index in [2.05, 4.69) is 228 Å². The van der Waals surface area contributed by atoms with E-state index in [1.54, 1.807) is 0 Å². The van der Waals surface area contributed by atoms with Crippen molar-refractivity contribution in [3.63, 3.8) is 0 Å². The molecule has 0 saturated heterocycles. The molecule has 0 spiro atoms. The minimum Gasteiger partial charge on any atom is -0.311 e. The van der Waals surface area contributed by atoms with Gasteiger partial charge in [-0.05, 0) is 95.1 Å². The molecule has 0 aliphatic rings. The molecule has 0 unspecified atom stereocenters. The van der Waals surface area contributed by atoms with Crippen LogP contribution in [-0.2, 0) is 0 Å². The molecule has 2 nitrogen and oxygen atoms in total. The summed E-state index contributed by atoms with van der Waals surface area (Å²) in [6, 6.07) is 68.0. The number of hydrogen-bond acceptors (Lipinski definition) is 2. The van der Waals surface area contributed by atoms with Crippen molar-refractivity contribution in [1.82, 2.24) is 0 Å². The molecule has 230 valence electrons. The molecular weight excluding hydrogens is 581 g/mol. The van der Waals surface area contributed by atoms with Crippen molar-refractivity contribution < 1.29 is 0 Å². The summed E-state index contributed by atoms with van der Waals surface area (Å²) in [6.07, 6.45) is 8.66. The topological polar surface area (TPSA) is 6.48 Å². The molecular formula is C46H36N2. The lowest BCUT2D eigenvalue weighted by molar-refractivity contribution is 1.28. The van der Waals surface area contributed by atoms with Gasteiger partial charge in [-0.3, -0.25) is 0 Å². The van der Waals surface area contributed by atoms with Crippen LogP contribution in [0.4, 0.5) is 34.1 Å². The van der Waals surface area contributed by atoms with Crippen LogP contribution in [0, 0.1) is 0 Å². The summed E-state index contributed by atoms with van der Waals surface area (Å²) >= 11 is 0. The first-order valence-electron chi connectivity index (χ1n) is 16.3. The third kappa shape index (κ3) is 7.36. The average molecular weight is 617 g/mol. The van der Waals surface area contributed by atoms with Crippen LogP contribution in [-0.4, -0.2) is 0 Å². The first kappa shape index (κ1) is 30.3. The van der Waals surface area contributed by atoms with Gasteiger partial charge in [0.2, 0.25) is 0 Å². The second-order valence-corrected chi connectivity index (χ2v) is 11.5. The highest BCUT2D eigenvalue weighted by Gasteiger charge is 2.12. The van der Waals surface area contributed by atoms with Gasteiger partial charge in [-0.1, -0.05) is 146 Å². The van der Waals surface area contributed by atoms with Crippen molar-refractivity contribution in [1.29, 1.82) is 0 Å². The van der Waals surface area contributed by atoms with Crippen molar-refractivity contribution in [3.8, 4) is 0 Å². The van der Waals surface area contributed by atoms with Crippen LogP contribution in [0.15, 0.2) is 194 Å². The van der Waals surface area contributed by atoms with Crippen LogP contribution in [0.5, 0.6) is 0 Å². The lowest BCUT2D eigenvalue weighted by Gasteiger charge is -2.25. The van der Waals surface area contributed by atoms with Gasteiger partial charge in [0.15, 0.2) is 0 Å². The molecule has 7 aromatic carbocycles. The first-order chi connectivity index (χ1) is 23.8. The highest BCUT2D eigenvalue weighted by Crippen LogP contribution is 2.35. The fraction of sp³-hybridized carbons (Fsp3) is 0. The molecule has 0 amide bonds. The molecule has 7 rings (SSSR count). The fourth-order valence-corrected chi connectivity index (χ4v) is 5.77. The average Bonchev–Trinajstić information content (AvgIpc) is 3.17. The Hall–Kier alpha value is -6.38. The predicted octanol–water partition coefficient (Wildman–Crippen LogP) is 13.0. The summed E-state index contributed by atoms with van der Waals surface area (Å²) < 4.78 is 0. The Morgan fingerprint density at radius 1 is 0.208 bits per heavy atom. The molecule has 0 saturated carbocycles. The fourth-order valence-electron chi connectivity index (χ4n) is 5.77. The van der Waals surface area contributed by atoms with Gasteiger partial charge in [-0.25, -0.2) is 0 Å². The van der Waals surface area contributed by atoms with E-state index in [-0.39, 0.29) is 0 Å². The molecule has 0 radical (unpaired) electrons. The molecule has 0 aliphatic carbocycles. The van der Waals surface area contributed by atoms with E-state index in [0.29, 0.717) is 0 Å². The lowest BCUT2D eigenvalue weighted by Crippen LogP contribution is -2.09. The minimum absolute atomic E-state index is 1.13. The van der Waals surface area contributed by atoms with E-state index < -0.39 is 0 Å². The molecule has 0 bridgehead atoms. The molecule has 48 heavy (non-hydrogen) atoms. The zero-order chi connectivity index (χ0) is 32.4. The maximum absolute atomic E-state index is 2.28. The molecule has 2 heteroatoms. The second-order valence-electron chi connectivity index (χ2n) is 11.5. The van der Waals surface area contributed by atoms with Crippen molar-refractivity contribution in [2.75, 3.05) is 9.80 Å². The van der Waals surface area contributed by atoms with E-state index in [9.17, 15) is 0 Å². The third-order valence-corrected chi connectivity index (χ3v) is 8.23. The number of hydrogen-bond donors (Lipinski definition) is 0. The molecule has 0 fully saturated rings. The Morgan fingerprint density at radius 2 is 0.396 bits per heavy atom. The molecule has 7 aromatic rings. The van der Waals surface area contributed by atoms with E-state index >= 15 is 0 Å². The molecule has 0 atom stereocenters. The van der Waals surface area contributed by atoms with Gasteiger partial charge >= 0.3 is 0 Å². The zero-order valence-electron chi connectivity index (χ0n) is 26.7. The van der Waals surface area contributed by atoms with Crippen LogP contribution in [0.3, 0.4) is 0 Å². The summed E-state index contributed by atoms with van der Waals surface area (Å²) in [5, 5.41) is 0. The predicted molar refractivity (Wildman–Crippen MR) is 207 cm³/mol. The van der Waals surface area contributed by atoms with Gasteiger partial charge in [0, 0.05) is 34.1 Å². The zero-order valence-corrected chi connectivity index (χ0v) is 26.7. The second kappa shape index (κ2) is 14.8. The Balaban J connectivity index is 1.01. The van der Waals surface area contributed by atoms with Crippen LogP contribution in [0.25, 0.3) is 24.3 Å². The van der Waals surface area contributed by atoms with Crippen molar-refractivity contribution in [3.05, 3.63) is 216 Å². The van der Waals surface area contributed by atoms with E-state index in [0.717, 1.165) is 56.4 Å². The van der Waals surface area contributed by atoms with Gasteiger partial charge in [-0.15, -0.1) is 0 Å². The van der Waals surface area contributed by atoms with Crippen LogP contribution < -0.4 is 9.80 Å². The number of anilines is 6. The van der Waals surface area contributed by atoms with Gasteiger partial charge in [0.1, 0.15) is 0 Å². The smallest absolute Gasteiger partial charge is 0.0462 e. The molecule has 0 N–H and O–H groups in total.